The average molecular weight is 287 g/mol. The van der Waals surface area contributed by atoms with E-state index in [0.29, 0.717) is 0 Å². The van der Waals surface area contributed by atoms with Crippen molar-refractivity contribution in [3.63, 3.8) is 0 Å². The van der Waals surface area contributed by atoms with E-state index in [2.05, 4.69) is 35.1 Å². The Morgan fingerprint density at radius 1 is 1.24 bits per heavy atom. The minimum absolute atomic E-state index is 0.218. The normalized spacial score (nSPS) is 10.7. The molecule has 2 rings (SSSR count). The van der Waals surface area contributed by atoms with Crippen LogP contribution in [-0.2, 0) is 6.54 Å². The summed E-state index contributed by atoms with van der Waals surface area (Å²) >= 11 is 0. The van der Waals surface area contributed by atoms with E-state index < -0.39 is 0 Å². The molecule has 21 heavy (non-hydrogen) atoms. The number of rotatable bonds is 6. The van der Waals surface area contributed by atoms with Gasteiger partial charge in [-0.1, -0.05) is 13.0 Å². The highest BCUT2D eigenvalue weighted by Crippen LogP contribution is 2.29. The van der Waals surface area contributed by atoms with E-state index in [4.69, 9.17) is 0 Å². The van der Waals surface area contributed by atoms with Crippen molar-refractivity contribution in [2.45, 2.75) is 27.3 Å². The van der Waals surface area contributed by atoms with Gasteiger partial charge in [-0.05, 0) is 44.7 Å². The molecule has 1 heterocycles. The van der Waals surface area contributed by atoms with Crippen LogP contribution in [0.3, 0.4) is 0 Å². The highest BCUT2D eigenvalue weighted by Gasteiger charge is 2.13. The van der Waals surface area contributed by atoms with Gasteiger partial charge >= 0.3 is 0 Å². The summed E-state index contributed by atoms with van der Waals surface area (Å²) in [6.07, 6.45) is 1.90. The van der Waals surface area contributed by atoms with Gasteiger partial charge in [0.05, 0.1) is 0 Å². The zero-order chi connectivity index (χ0) is 15.2. The minimum atomic E-state index is -0.218. The molecular weight excluding hydrogens is 265 g/mol. The van der Waals surface area contributed by atoms with E-state index in [1.807, 2.05) is 19.2 Å². The van der Waals surface area contributed by atoms with E-state index in [9.17, 15) is 4.39 Å². The van der Waals surface area contributed by atoms with Crippen molar-refractivity contribution < 1.29 is 4.39 Å². The van der Waals surface area contributed by atoms with Crippen LogP contribution in [0, 0.1) is 12.7 Å². The van der Waals surface area contributed by atoms with Gasteiger partial charge in [-0.3, -0.25) is 4.98 Å². The molecule has 0 bridgehead atoms. The Kier molecular flexibility index (Phi) is 5.28. The van der Waals surface area contributed by atoms with Gasteiger partial charge in [0.2, 0.25) is 0 Å². The zero-order valence-corrected chi connectivity index (χ0v) is 12.9. The van der Waals surface area contributed by atoms with Crippen LogP contribution in [0.15, 0.2) is 36.5 Å². The highest BCUT2D eigenvalue weighted by atomic mass is 19.1. The van der Waals surface area contributed by atoms with Crippen LogP contribution in [0.4, 0.5) is 15.8 Å². The Morgan fingerprint density at radius 2 is 2.05 bits per heavy atom. The van der Waals surface area contributed by atoms with Gasteiger partial charge in [0.1, 0.15) is 5.82 Å². The van der Waals surface area contributed by atoms with Crippen molar-refractivity contribution >= 4 is 11.4 Å². The second kappa shape index (κ2) is 7.18. The maximum Gasteiger partial charge on any atom is 0.125 e. The molecule has 1 aromatic heterocycles. The molecule has 0 radical (unpaired) electrons. The SMILES string of the molecule is CCNCc1cnc(C)cc1N(CC)c1cccc(F)c1. The molecule has 1 N–H and O–H groups in total. The summed E-state index contributed by atoms with van der Waals surface area (Å²) in [6.45, 7) is 8.54. The Bertz CT molecular complexity index is 598. The lowest BCUT2D eigenvalue weighted by Gasteiger charge is -2.26. The largest absolute Gasteiger partial charge is 0.341 e. The summed E-state index contributed by atoms with van der Waals surface area (Å²) < 4.78 is 13.5. The smallest absolute Gasteiger partial charge is 0.125 e. The maximum absolute atomic E-state index is 13.5. The predicted molar refractivity (Wildman–Crippen MR) is 85.4 cm³/mol. The van der Waals surface area contributed by atoms with Gasteiger partial charge in [0, 0.05) is 41.9 Å². The third kappa shape index (κ3) is 3.79. The summed E-state index contributed by atoms with van der Waals surface area (Å²) in [6, 6.07) is 8.76. The Balaban J connectivity index is 2.43. The van der Waals surface area contributed by atoms with Gasteiger partial charge in [-0.2, -0.15) is 0 Å². The number of nitrogens with zero attached hydrogens (tertiary/aromatic N) is 2. The molecule has 0 fully saturated rings. The second-order valence-electron chi connectivity index (χ2n) is 4.96. The molecule has 0 spiro atoms. The summed E-state index contributed by atoms with van der Waals surface area (Å²) in [5, 5.41) is 3.33. The quantitative estimate of drug-likeness (QED) is 0.876. The van der Waals surface area contributed by atoms with Gasteiger partial charge in [-0.25, -0.2) is 4.39 Å². The monoisotopic (exact) mass is 287 g/mol. The number of anilines is 2. The molecule has 0 aliphatic rings. The lowest BCUT2D eigenvalue weighted by atomic mass is 10.1. The lowest BCUT2D eigenvalue weighted by Crippen LogP contribution is -2.21. The summed E-state index contributed by atoms with van der Waals surface area (Å²) in [4.78, 5) is 6.50. The molecule has 1 aromatic carbocycles. The fourth-order valence-electron chi connectivity index (χ4n) is 2.36. The van der Waals surface area contributed by atoms with Gasteiger partial charge < -0.3 is 10.2 Å². The summed E-state index contributed by atoms with van der Waals surface area (Å²) in [7, 11) is 0. The molecule has 0 saturated heterocycles. The summed E-state index contributed by atoms with van der Waals surface area (Å²) in [5.74, 6) is -0.218. The molecule has 0 saturated carbocycles. The van der Waals surface area contributed by atoms with E-state index in [0.717, 1.165) is 42.3 Å². The molecule has 0 amide bonds. The standard InChI is InChI=1S/C17H22FN3/c1-4-19-11-14-12-20-13(3)9-17(14)21(5-2)16-8-6-7-15(18)10-16/h6-10,12,19H,4-5,11H2,1-3H3. The zero-order valence-electron chi connectivity index (χ0n) is 12.9. The average Bonchev–Trinajstić information content (AvgIpc) is 2.47. The van der Waals surface area contributed by atoms with Gasteiger partial charge in [-0.15, -0.1) is 0 Å². The molecule has 2 aromatic rings. The predicted octanol–water partition coefficient (Wildman–Crippen LogP) is 3.80. The Labute approximate surface area is 125 Å². The van der Waals surface area contributed by atoms with Gasteiger partial charge in [0.15, 0.2) is 0 Å². The Hall–Kier alpha value is -1.94. The first kappa shape index (κ1) is 15.4. The lowest BCUT2D eigenvalue weighted by molar-refractivity contribution is 0.627. The topological polar surface area (TPSA) is 28.2 Å². The van der Waals surface area contributed by atoms with Crippen molar-refractivity contribution in [2.75, 3.05) is 18.0 Å². The molecule has 3 nitrogen and oxygen atoms in total. The first-order valence-corrected chi connectivity index (χ1v) is 7.35. The summed E-state index contributed by atoms with van der Waals surface area (Å²) in [5.41, 5.74) is 4.02. The molecule has 0 aliphatic heterocycles. The van der Waals surface area contributed by atoms with Crippen molar-refractivity contribution in [3.8, 4) is 0 Å². The van der Waals surface area contributed by atoms with Crippen LogP contribution >= 0.6 is 0 Å². The molecule has 0 unspecified atom stereocenters. The maximum atomic E-state index is 13.5. The number of pyridine rings is 1. The van der Waals surface area contributed by atoms with Crippen LogP contribution in [0.25, 0.3) is 0 Å². The number of aryl methyl sites for hydroxylation is 1. The van der Waals surface area contributed by atoms with E-state index in [1.165, 1.54) is 6.07 Å². The van der Waals surface area contributed by atoms with Crippen molar-refractivity contribution in [3.05, 3.63) is 53.6 Å². The van der Waals surface area contributed by atoms with Crippen LogP contribution in [0.2, 0.25) is 0 Å². The second-order valence-corrected chi connectivity index (χ2v) is 4.96. The fraction of sp³-hybridized carbons (Fsp3) is 0.353. The van der Waals surface area contributed by atoms with Crippen LogP contribution in [0.5, 0.6) is 0 Å². The molecule has 4 heteroatoms. The Morgan fingerprint density at radius 3 is 2.71 bits per heavy atom. The number of halogens is 1. The molecule has 0 aliphatic carbocycles. The number of hydrogen-bond donors (Lipinski definition) is 1. The van der Waals surface area contributed by atoms with Crippen molar-refractivity contribution in [1.29, 1.82) is 0 Å². The number of nitrogens with one attached hydrogen (secondary N) is 1. The fourth-order valence-corrected chi connectivity index (χ4v) is 2.36. The third-order valence-electron chi connectivity index (χ3n) is 3.39. The third-order valence-corrected chi connectivity index (χ3v) is 3.39. The first-order chi connectivity index (χ1) is 10.2. The highest BCUT2D eigenvalue weighted by molar-refractivity contribution is 5.66. The van der Waals surface area contributed by atoms with E-state index >= 15 is 0 Å². The van der Waals surface area contributed by atoms with Crippen LogP contribution in [-0.4, -0.2) is 18.1 Å². The molecular formula is C17H22FN3. The van der Waals surface area contributed by atoms with E-state index in [1.54, 1.807) is 12.1 Å². The molecule has 112 valence electrons. The minimum Gasteiger partial charge on any atom is -0.341 e. The van der Waals surface area contributed by atoms with E-state index in [-0.39, 0.29) is 5.82 Å². The van der Waals surface area contributed by atoms with Crippen molar-refractivity contribution in [2.24, 2.45) is 0 Å². The number of benzene rings is 1. The van der Waals surface area contributed by atoms with Gasteiger partial charge in [0.25, 0.3) is 0 Å². The van der Waals surface area contributed by atoms with Crippen LogP contribution in [0.1, 0.15) is 25.1 Å². The van der Waals surface area contributed by atoms with Crippen LogP contribution < -0.4 is 10.2 Å². The number of aromatic nitrogens is 1. The number of hydrogen-bond acceptors (Lipinski definition) is 3. The molecule has 0 atom stereocenters. The van der Waals surface area contributed by atoms with Crippen molar-refractivity contribution in [1.82, 2.24) is 10.3 Å². The first-order valence-electron chi connectivity index (χ1n) is 7.35.